The van der Waals surface area contributed by atoms with E-state index in [1.165, 1.54) is 0 Å². The first-order valence-corrected chi connectivity index (χ1v) is 5.72. The van der Waals surface area contributed by atoms with Crippen molar-refractivity contribution in [2.75, 3.05) is 45.8 Å². The molecule has 2 aliphatic heterocycles. The summed E-state index contributed by atoms with van der Waals surface area (Å²) in [7, 11) is 0. The van der Waals surface area contributed by atoms with E-state index < -0.39 is 0 Å². The molecule has 1 amide bonds. The fourth-order valence-electron chi connectivity index (χ4n) is 2.21. The summed E-state index contributed by atoms with van der Waals surface area (Å²) in [5, 5.41) is 3.24. The summed E-state index contributed by atoms with van der Waals surface area (Å²) in [6, 6.07) is 0.265. The Morgan fingerprint density at radius 1 is 1.33 bits per heavy atom. The van der Waals surface area contributed by atoms with Gasteiger partial charge in [-0.3, -0.25) is 9.69 Å². The molecule has 86 valence electrons. The van der Waals surface area contributed by atoms with Gasteiger partial charge in [0.2, 0.25) is 5.91 Å². The van der Waals surface area contributed by atoms with Crippen LogP contribution in [0.3, 0.4) is 0 Å². The third kappa shape index (κ3) is 2.90. The van der Waals surface area contributed by atoms with Crippen LogP contribution in [-0.4, -0.2) is 67.6 Å². The number of nitrogens with two attached hydrogens (primary N) is 1. The van der Waals surface area contributed by atoms with E-state index in [0.717, 1.165) is 45.7 Å². The highest BCUT2D eigenvalue weighted by Crippen LogP contribution is 2.07. The molecule has 15 heavy (non-hydrogen) atoms. The van der Waals surface area contributed by atoms with Crippen LogP contribution in [0.25, 0.3) is 0 Å². The van der Waals surface area contributed by atoms with Crippen LogP contribution >= 0.6 is 0 Å². The zero-order valence-corrected chi connectivity index (χ0v) is 9.11. The van der Waals surface area contributed by atoms with Gasteiger partial charge in [0, 0.05) is 45.3 Å². The van der Waals surface area contributed by atoms with Crippen LogP contribution in [0.1, 0.15) is 6.42 Å². The van der Waals surface area contributed by atoms with Crippen LogP contribution in [0.4, 0.5) is 0 Å². The number of piperazine rings is 1. The molecular formula is C10H20N4O. The van der Waals surface area contributed by atoms with E-state index in [1.54, 1.807) is 0 Å². The number of rotatable bonds is 2. The van der Waals surface area contributed by atoms with E-state index in [-0.39, 0.29) is 11.9 Å². The van der Waals surface area contributed by atoms with Crippen molar-refractivity contribution < 1.29 is 4.79 Å². The topological polar surface area (TPSA) is 61.6 Å². The molecule has 0 aromatic carbocycles. The second kappa shape index (κ2) is 4.92. The quantitative estimate of drug-likeness (QED) is 0.582. The predicted molar refractivity (Wildman–Crippen MR) is 58.5 cm³/mol. The van der Waals surface area contributed by atoms with Crippen molar-refractivity contribution in [3.63, 3.8) is 0 Å². The third-order valence-corrected chi connectivity index (χ3v) is 3.14. The molecule has 2 rings (SSSR count). The van der Waals surface area contributed by atoms with Gasteiger partial charge in [0.15, 0.2) is 0 Å². The van der Waals surface area contributed by atoms with E-state index in [2.05, 4.69) is 10.2 Å². The van der Waals surface area contributed by atoms with Crippen LogP contribution in [0, 0.1) is 0 Å². The zero-order valence-electron chi connectivity index (χ0n) is 9.11. The Morgan fingerprint density at radius 3 is 2.67 bits per heavy atom. The van der Waals surface area contributed by atoms with Crippen molar-refractivity contribution in [2.24, 2.45) is 5.73 Å². The SMILES string of the molecule is NC1CCN(CC(=O)N2CCNCC2)C1. The first-order chi connectivity index (χ1) is 7.25. The molecular weight excluding hydrogens is 192 g/mol. The van der Waals surface area contributed by atoms with Crippen LogP contribution in [0.15, 0.2) is 0 Å². The Bertz CT molecular complexity index is 227. The molecule has 0 radical (unpaired) electrons. The Kier molecular flexibility index (Phi) is 3.56. The highest BCUT2D eigenvalue weighted by Gasteiger charge is 2.24. The molecule has 2 fully saturated rings. The Balaban J connectivity index is 1.76. The smallest absolute Gasteiger partial charge is 0.236 e. The second-order valence-electron chi connectivity index (χ2n) is 4.41. The summed E-state index contributed by atoms with van der Waals surface area (Å²) < 4.78 is 0. The summed E-state index contributed by atoms with van der Waals surface area (Å²) in [6.45, 7) is 5.93. The molecule has 2 heterocycles. The molecule has 0 saturated carbocycles. The first kappa shape index (κ1) is 10.9. The molecule has 0 aliphatic carbocycles. The van der Waals surface area contributed by atoms with Gasteiger partial charge in [0.05, 0.1) is 6.54 Å². The fraction of sp³-hybridized carbons (Fsp3) is 0.900. The molecule has 3 N–H and O–H groups in total. The third-order valence-electron chi connectivity index (χ3n) is 3.14. The summed E-state index contributed by atoms with van der Waals surface area (Å²) >= 11 is 0. The van der Waals surface area contributed by atoms with Crippen LogP contribution in [0.2, 0.25) is 0 Å². The molecule has 5 nitrogen and oxygen atoms in total. The number of nitrogens with one attached hydrogen (secondary N) is 1. The molecule has 0 aromatic rings. The Labute approximate surface area is 90.6 Å². The maximum absolute atomic E-state index is 11.9. The molecule has 0 spiro atoms. The average molecular weight is 212 g/mol. The Morgan fingerprint density at radius 2 is 2.07 bits per heavy atom. The van der Waals surface area contributed by atoms with Crippen LogP contribution in [-0.2, 0) is 4.79 Å². The minimum atomic E-state index is 0.255. The lowest BCUT2D eigenvalue weighted by Gasteiger charge is -2.29. The number of carbonyl (C=O) groups excluding carboxylic acids is 1. The van der Waals surface area contributed by atoms with Gasteiger partial charge in [-0.2, -0.15) is 0 Å². The van der Waals surface area contributed by atoms with E-state index in [0.29, 0.717) is 6.54 Å². The highest BCUT2D eigenvalue weighted by atomic mass is 16.2. The number of nitrogens with zero attached hydrogens (tertiary/aromatic N) is 2. The van der Waals surface area contributed by atoms with E-state index >= 15 is 0 Å². The van der Waals surface area contributed by atoms with Gasteiger partial charge in [0.25, 0.3) is 0 Å². The van der Waals surface area contributed by atoms with Crippen molar-refractivity contribution in [3.8, 4) is 0 Å². The van der Waals surface area contributed by atoms with Crippen molar-refractivity contribution >= 4 is 5.91 Å². The van der Waals surface area contributed by atoms with E-state index in [4.69, 9.17) is 5.73 Å². The molecule has 2 aliphatic rings. The van der Waals surface area contributed by atoms with Crippen molar-refractivity contribution in [1.82, 2.24) is 15.1 Å². The van der Waals surface area contributed by atoms with Crippen LogP contribution in [0.5, 0.6) is 0 Å². The van der Waals surface area contributed by atoms with E-state index in [9.17, 15) is 4.79 Å². The predicted octanol–water partition coefficient (Wildman–Crippen LogP) is -1.55. The fourth-order valence-corrected chi connectivity index (χ4v) is 2.21. The highest BCUT2D eigenvalue weighted by molar-refractivity contribution is 5.78. The second-order valence-corrected chi connectivity index (χ2v) is 4.41. The number of hydrogen-bond acceptors (Lipinski definition) is 4. The lowest BCUT2D eigenvalue weighted by atomic mass is 10.3. The largest absolute Gasteiger partial charge is 0.339 e. The standard InChI is InChI=1S/C10H20N4O/c11-9-1-4-13(7-9)8-10(15)14-5-2-12-3-6-14/h9,12H,1-8,11H2. The van der Waals surface area contributed by atoms with Gasteiger partial charge in [0.1, 0.15) is 0 Å². The molecule has 1 atom stereocenters. The zero-order chi connectivity index (χ0) is 10.7. The molecule has 1 unspecified atom stereocenters. The minimum Gasteiger partial charge on any atom is -0.339 e. The minimum absolute atomic E-state index is 0.255. The maximum Gasteiger partial charge on any atom is 0.236 e. The van der Waals surface area contributed by atoms with E-state index in [1.807, 2.05) is 4.90 Å². The average Bonchev–Trinajstić information content (AvgIpc) is 2.65. The van der Waals surface area contributed by atoms with Gasteiger partial charge in [-0.05, 0) is 6.42 Å². The van der Waals surface area contributed by atoms with Gasteiger partial charge < -0.3 is 16.0 Å². The van der Waals surface area contributed by atoms with Crippen molar-refractivity contribution in [2.45, 2.75) is 12.5 Å². The first-order valence-electron chi connectivity index (χ1n) is 5.72. The lowest BCUT2D eigenvalue weighted by molar-refractivity contribution is -0.132. The number of likely N-dealkylation sites (tertiary alicyclic amines) is 1. The summed E-state index contributed by atoms with van der Waals surface area (Å²) in [4.78, 5) is 16.0. The molecule has 2 saturated heterocycles. The summed E-state index contributed by atoms with van der Waals surface area (Å²) in [5.74, 6) is 0.255. The Hall–Kier alpha value is -0.650. The lowest BCUT2D eigenvalue weighted by Crippen LogP contribution is -2.49. The van der Waals surface area contributed by atoms with Gasteiger partial charge in [-0.15, -0.1) is 0 Å². The molecule has 0 aromatic heterocycles. The number of hydrogen-bond donors (Lipinski definition) is 2. The van der Waals surface area contributed by atoms with Gasteiger partial charge >= 0.3 is 0 Å². The van der Waals surface area contributed by atoms with Gasteiger partial charge in [-0.25, -0.2) is 0 Å². The monoisotopic (exact) mass is 212 g/mol. The van der Waals surface area contributed by atoms with Gasteiger partial charge in [-0.1, -0.05) is 0 Å². The number of amides is 1. The normalized spacial score (nSPS) is 28.3. The summed E-state index contributed by atoms with van der Waals surface area (Å²) in [6.07, 6.45) is 1.02. The molecule has 0 bridgehead atoms. The van der Waals surface area contributed by atoms with Crippen LogP contribution < -0.4 is 11.1 Å². The number of carbonyl (C=O) groups is 1. The van der Waals surface area contributed by atoms with Crippen molar-refractivity contribution in [3.05, 3.63) is 0 Å². The van der Waals surface area contributed by atoms with Crippen molar-refractivity contribution in [1.29, 1.82) is 0 Å². The molecule has 5 heteroatoms. The summed E-state index contributed by atoms with van der Waals surface area (Å²) in [5.41, 5.74) is 5.80. The maximum atomic E-state index is 11.9.